The van der Waals surface area contributed by atoms with Crippen LogP contribution in [0, 0.1) is 0 Å². The average molecular weight is 268 g/mol. The van der Waals surface area contributed by atoms with E-state index in [-0.39, 0.29) is 12.6 Å². The molecule has 0 aliphatic heterocycles. The number of rotatable bonds is 4. The number of carboxylic acid groups (broad SMARTS) is 1. The third-order valence-corrected chi connectivity index (χ3v) is 2.94. The normalized spacial score (nSPS) is 18.9. The molecule has 0 spiro atoms. The molecule has 104 valence electrons. The number of nitrogens with zero attached hydrogens (tertiary/aromatic N) is 1. The second kappa shape index (κ2) is 4.66. The lowest BCUT2D eigenvalue weighted by molar-refractivity contribution is -0.203. The van der Waals surface area contributed by atoms with Gasteiger partial charge in [-0.2, -0.15) is 13.2 Å². The second-order valence-corrected chi connectivity index (χ2v) is 4.38. The van der Waals surface area contributed by atoms with E-state index in [1.54, 1.807) is 12.2 Å². The Morgan fingerprint density at radius 2 is 1.89 bits per heavy atom. The highest BCUT2D eigenvalue weighted by Gasteiger charge is 2.59. The summed E-state index contributed by atoms with van der Waals surface area (Å²) in [5.74, 6) is -2.13. The van der Waals surface area contributed by atoms with Crippen molar-refractivity contribution in [3.8, 4) is 0 Å². The second-order valence-electron chi connectivity index (χ2n) is 4.38. The molecule has 1 atom stereocenters. The summed E-state index contributed by atoms with van der Waals surface area (Å²) < 4.78 is 38.1. The van der Waals surface area contributed by atoms with Gasteiger partial charge in [0.1, 0.15) is 0 Å². The quantitative estimate of drug-likeness (QED) is 0.813. The molecule has 1 rings (SSSR count). The van der Waals surface area contributed by atoms with Crippen molar-refractivity contribution in [2.75, 3.05) is 6.54 Å². The molecule has 1 unspecified atom stereocenters. The zero-order chi connectivity index (χ0) is 14.1. The van der Waals surface area contributed by atoms with Gasteiger partial charge in [-0.05, 0) is 26.7 Å². The first kappa shape index (κ1) is 14.6. The number of carbonyl (C=O) groups excluding carboxylic acids is 1. The first-order valence-corrected chi connectivity index (χ1v) is 5.52. The van der Waals surface area contributed by atoms with Crippen molar-refractivity contribution in [3.63, 3.8) is 0 Å². The average Bonchev–Trinajstić information content (AvgIpc) is 3.00. The Morgan fingerprint density at radius 3 is 2.17 bits per heavy atom. The van der Waals surface area contributed by atoms with Gasteiger partial charge in [0.15, 0.2) is 0 Å². The van der Waals surface area contributed by atoms with Crippen molar-refractivity contribution < 1.29 is 27.9 Å². The van der Waals surface area contributed by atoms with Crippen molar-refractivity contribution in [1.82, 2.24) is 10.2 Å². The summed E-state index contributed by atoms with van der Waals surface area (Å²) in [5.41, 5.74) is -3.27. The molecule has 2 amide bonds. The number of hydrogen-bond donors (Lipinski definition) is 2. The smallest absolute Gasteiger partial charge is 0.422 e. The van der Waals surface area contributed by atoms with Crippen LogP contribution in [0.4, 0.5) is 18.0 Å². The number of aliphatic carboxylic acids is 1. The Labute approximate surface area is 102 Å². The highest BCUT2D eigenvalue weighted by Crippen LogP contribution is 2.32. The molecular formula is C10H15F3N2O3. The molecule has 0 aromatic carbocycles. The molecule has 1 fully saturated rings. The largest absolute Gasteiger partial charge is 0.479 e. The van der Waals surface area contributed by atoms with Crippen LogP contribution in [-0.4, -0.2) is 46.3 Å². The number of carboxylic acids is 1. The number of halogens is 3. The van der Waals surface area contributed by atoms with Gasteiger partial charge >= 0.3 is 18.2 Å². The Hall–Kier alpha value is -1.47. The number of amides is 2. The van der Waals surface area contributed by atoms with E-state index in [9.17, 15) is 22.8 Å². The minimum atomic E-state index is -5.06. The van der Waals surface area contributed by atoms with E-state index in [0.29, 0.717) is 6.92 Å². The zero-order valence-corrected chi connectivity index (χ0v) is 10.0. The summed E-state index contributed by atoms with van der Waals surface area (Å²) >= 11 is 0. The fourth-order valence-corrected chi connectivity index (χ4v) is 1.49. The number of urea groups is 1. The maximum atomic E-state index is 12.7. The summed E-state index contributed by atoms with van der Waals surface area (Å²) in [6, 6.07) is -1.08. The molecule has 1 saturated carbocycles. The lowest BCUT2D eigenvalue weighted by atomic mass is 10.0. The van der Waals surface area contributed by atoms with E-state index in [1.807, 2.05) is 0 Å². The molecule has 0 aromatic rings. The van der Waals surface area contributed by atoms with Gasteiger partial charge in [-0.15, -0.1) is 0 Å². The first-order valence-electron chi connectivity index (χ1n) is 5.52. The molecule has 0 bridgehead atoms. The van der Waals surface area contributed by atoms with Crippen molar-refractivity contribution in [1.29, 1.82) is 0 Å². The van der Waals surface area contributed by atoms with Crippen molar-refractivity contribution in [2.45, 2.75) is 44.4 Å². The minimum Gasteiger partial charge on any atom is -0.479 e. The number of nitrogens with one attached hydrogen (secondary N) is 1. The summed E-state index contributed by atoms with van der Waals surface area (Å²) in [7, 11) is 0. The van der Waals surface area contributed by atoms with Crippen LogP contribution in [0.15, 0.2) is 0 Å². The fourth-order valence-electron chi connectivity index (χ4n) is 1.49. The maximum absolute atomic E-state index is 12.7. The zero-order valence-electron chi connectivity index (χ0n) is 10.0. The van der Waals surface area contributed by atoms with Crippen LogP contribution >= 0.6 is 0 Å². The number of alkyl halides is 3. The SMILES string of the molecule is CCN(C(=O)NC(C)(C(=O)O)C(F)(F)F)C1CC1. The van der Waals surface area contributed by atoms with Gasteiger partial charge in [0.25, 0.3) is 0 Å². The predicted molar refractivity (Wildman–Crippen MR) is 56.0 cm³/mol. The molecule has 1 aliphatic carbocycles. The van der Waals surface area contributed by atoms with E-state index in [2.05, 4.69) is 0 Å². The summed E-state index contributed by atoms with van der Waals surface area (Å²) in [6.07, 6.45) is -3.59. The Balaban J connectivity index is 2.84. The highest BCUT2D eigenvalue weighted by atomic mass is 19.4. The van der Waals surface area contributed by atoms with Crippen molar-refractivity contribution in [2.24, 2.45) is 0 Å². The summed E-state index contributed by atoms with van der Waals surface area (Å²) in [4.78, 5) is 23.6. The van der Waals surface area contributed by atoms with Crippen molar-refractivity contribution in [3.05, 3.63) is 0 Å². The van der Waals surface area contributed by atoms with E-state index < -0.39 is 23.7 Å². The van der Waals surface area contributed by atoms with Gasteiger partial charge in [-0.3, -0.25) is 0 Å². The van der Waals surface area contributed by atoms with Gasteiger partial charge < -0.3 is 15.3 Å². The van der Waals surface area contributed by atoms with E-state index in [1.165, 1.54) is 4.90 Å². The molecule has 8 heteroatoms. The summed E-state index contributed by atoms with van der Waals surface area (Å²) in [6.45, 7) is 2.31. The van der Waals surface area contributed by atoms with Gasteiger partial charge in [0, 0.05) is 12.6 Å². The molecular weight excluding hydrogens is 253 g/mol. The summed E-state index contributed by atoms with van der Waals surface area (Å²) in [5, 5.41) is 10.2. The topological polar surface area (TPSA) is 69.6 Å². The number of carbonyl (C=O) groups is 2. The van der Waals surface area contributed by atoms with Crippen LogP contribution in [0.25, 0.3) is 0 Å². The lowest BCUT2D eigenvalue weighted by Gasteiger charge is -2.31. The molecule has 0 aromatic heterocycles. The van der Waals surface area contributed by atoms with Gasteiger partial charge in [0.05, 0.1) is 0 Å². The van der Waals surface area contributed by atoms with Crippen LogP contribution in [-0.2, 0) is 4.79 Å². The third-order valence-electron chi connectivity index (χ3n) is 2.94. The Morgan fingerprint density at radius 1 is 1.39 bits per heavy atom. The monoisotopic (exact) mass is 268 g/mol. The molecule has 0 radical (unpaired) electrons. The van der Waals surface area contributed by atoms with E-state index >= 15 is 0 Å². The molecule has 1 aliphatic rings. The van der Waals surface area contributed by atoms with Crippen LogP contribution < -0.4 is 5.32 Å². The van der Waals surface area contributed by atoms with Crippen molar-refractivity contribution >= 4 is 12.0 Å². The van der Waals surface area contributed by atoms with Gasteiger partial charge in [-0.25, -0.2) is 9.59 Å². The fraction of sp³-hybridized carbons (Fsp3) is 0.800. The molecule has 0 saturated heterocycles. The van der Waals surface area contributed by atoms with E-state index in [0.717, 1.165) is 12.8 Å². The molecule has 0 heterocycles. The predicted octanol–water partition coefficient (Wildman–Crippen LogP) is 1.59. The van der Waals surface area contributed by atoms with Crippen LogP contribution in [0.2, 0.25) is 0 Å². The lowest BCUT2D eigenvalue weighted by Crippen LogP contribution is -2.64. The van der Waals surface area contributed by atoms with Gasteiger partial charge in [-0.1, -0.05) is 0 Å². The van der Waals surface area contributed by atoms with Crippen LogP contribution in [0.3, 0.4) is 0 Å². The molecule has 18 heavy (non-hydrogen) atoms. The number of hydrogen-bond acceptors (Lipinski definition) is 2. The Bertz CT molecular complexity index is 355. The molecule has 2 N–H and O–H groups in total. The minimum absolute atomic E-state index is 0.0821. The van der Waals surface area contributed by atoms with Crippen LogP contribution in [0.1, 0.15) is 26.7 Å². The van der Waals surface area contributed by atoms with E-state index in [4.69, 9.17) is 5.11 Å². The highest BCUT2D eigenvalue weighted by molar-refractivity contribution is 5.87. The third kappa shape index (κ3) is 2.68. The standard InChI is InChI=1S/C10H15F3N2O3/c1-3-15(6-4-5-6)8(18)14-9(2,7(16)17)10(11,12)13/h6H,3-5H2,1-2H3,(H,14,18)(H,16,17). The van der Waals surface area contributed by atoms with Crippen LogP contribution in [0.5, 0.6) is 0 Å². The van der Waals surface area contributed by atoms with Gasteiger partial charge in [0.2, 0.25) is 5.54 Å². The molecule has 5 nitrogen and oxygen atoms in total. The first-order chi connectivity index (χ1) is 8.13. The maximum Gasteiger partial charge on any atom is 0.422 e. The Kier molecular flexibility index (Phi) is 3.78.